The SMILES string of the molecule is Cc1c(COc2ccc3c(c2)C[C@@H](O)[C@@H]3NCCO)cccc1-c1ccccc1. The van der Waals surface area contributed by atoms with Crippen molar-refractivity contribution in [1.82, 2.24) is 5.32 Å². The zero-order valence-corrected chi connectivity index (χ0v) is 16.6. The van der Waals surface area contributed by atoms with E-state index in [1.807, 2.05) is 24.3 Å². The minimum Gasteiger partial charge on any atom is -0.489 e. The Bertz CT molecular complexity index is 971. The van der Waals surface area contributed by atoms with Crippen LogP contribution in [0.4, 0.5) is 0 Å². The molecule has 4 heteroatoms. The van der Waals surface area contributed by atoms with Crippen LogP contribution < -0.4 is 10.1 Å². The second kappa shape index (κ2) is 8.78. The molecule has 0 radical (unpaired) electrons. The Balaban J connectivity index is 1.49. The molecular weight excluding hydrogens is 362 g/mol. The van der Waals surface area contributed by atoms with Gasteiger partial charge in [0.1, 0.15) is 12.4 Å². The average molecular weight is 389 g/mol. The Morgan fingerprint density at radius 3 is 2.66 bits per heavy atom. The van der Waals surface area contributed by atoms with E-state index < -0.39 is 6.10 Å². The Labute approximate surface area is 171 Å². The van der Waals surface area contributed by atoms with E-state index in [2.05, 4.69) is 54.7 Å². The van der Waals surface area contributed by atoms with E-state index in [4.69, 9.17) is 9.84 Å². The lowest BCUT2D eigenvalue weighted by Gasteiger charge is -2.17. The summed E-state index contributed by atoms with van der Waals surface area (Å²) in [4.78, 5) is 0. The summed E-state index contributed by atoms with van der Waals surface area (Å²) in [5, 5.41) is 22.6. The lowest BCUT2D eigenvalue weighted by atomic mass is 9.97. The van der Waals surface area contributed by atoms with Crippen molar-refractivity contribution in [3.05, 3.63) is 89.0 Å². The summed E-state index contributed by atoms with van der Waals surface area (Å²) in [5.41, 5.74) is 7.00. The number of benzene rings is 3. The molecule has 0 heterocycles. The smallest absolute Gasteiger partial charge is 0.120 e. The third kappa shape index (κ3) is 4.20. The molecule has 0 unspecified atom stereocenters. The number of aliphatic hydroxyl groups is 2. The third-order valence-corrected chi connectivity index (χ3v) is 5.66. The topological polar surface area (TPSA) is 61.7 Å². The van der Waals surface area contributed by atoms with Crippen molar-refractivity contribution in [2.24, 2.45) is 0 Å². The highest BCUT2D eigenvalue weighted by Gasteiger charge is 2.30. The van der Waals surface area contributed by atoms with Crippen molar-refractivity contribution in [2.75, 3.05) is 13.2 Å². The molecular formula is C25H27NO3. The van der Waals surface area contributed by atoms with Gasteiger partial charge in [0.2, 0.25) is 0 Å². The number of nitrogens with one attached hydrogen (secondary N) is 1. The van der Waals surface area contributed by atoms with Gasteiger partial charge in [-0.3, -0.25) is 0 Å². The lowest BCUT2D eigenvalue weighted by Crippen LogP contribution is -2.30. The highest BCUT2D eigenvalue weighted by molar-refractivity contribution is 5.68. The number of fused-ring (bicyclic) bond motifs is 1. The first-order valence-corrected chi connectivity index (χ1v) is 10.1. The molecule has 0 aliphatic heterocycles. The van der Waals surface area contributed by atoms with Crippen LogP contribution in [0.2, 0.25) is 0 Å². The predicted octanol–water partition coefficient (Wildman–Crippen LogP) is 3.78. The molecule has 0 amide bonds. The van der Waals surface area contributed by atoms with Crippen LogP contribution in [0.15, 0.2) is 66.7 Å². The fraction of sp³-hybridized carbons (Fsp3) is 0.280. The normalized spacial score (nSPS) is 17.9. The molecule has 3 aromatic carbocycles. The van der Waals surface area contributed by atoms with Gasteiger partial charge in [0.15, 0.2) is 0 Å². The molecule has 0 saturated carbocycles. The molecule has 29 heavy (non-hydrogen) atoms. The number of rotatable bonds is 7. The standard InChI is InChI=1S/C25H27NO3/c1-17-19(8-5-9-22(17)18-6-3-2-4-7-18)16-29-21-10-11-23-20(14-21)15-24(28)25(23)26-12-13-27/h2-11,14,24-28H,12-13,15-16H2,1H3/t24-,25-/m1/s1. The summed E-state index contributed by atoms with van der Waals surface area (Å²) in [6, 6.07) is 22.6. The minimum atomic E-state index is -0.475. The molecule has 1 aliphatic carbocycles. The van der Waals surface area contributed by atoms with Gasteiger partial charge in [-0.15, -0.1) is 0 Å². The Kier molecular flexibility index (Phi) is 5.95. The van der Waals surface area contributed by atoms with Gasteiger partial charge in [-0.1, -0.05) is 54.6 Å². The summed E-state index contributed by atoms with van der Waals surface area (Å²) in [5.74, 6) is 0.809. The van der Waals surface area contributed by atoms with E-state index in [1.165, 1.54) is 16.7 Å². The van der Waals surface area contributed by atoms with Gasteiger partial charge in [0.05, 0.1) is 18.8 Å². The van der Waals surface area contributed by atoms with Crippen molar-refractivity contribution in [2.45, 2.75) is 32.1 Å². The zero-order valence-electron chi connectivity index (χ0n) is 16.6. The van der Waals surface area contributed by atoms with Gasteiger partial charge in [0.25, 0.3) is 0 Å². The largest absolute Gasteiger partial charge is 0.489 e. The Morgan fingerprint density at radius 1 is 1.03 bits per heavy atom. The highest BCUT2D eigenvalue weighted by Crippen LogP contribution is 2.34. The van der Waals surface area contributed by atoms with Gasteiger partial charge >= 0.3 is 0 Å². The molecule has 3 aromatic rings. The number of ether oxygens (including phenoxy) is 1. The summed E-state index contributed by atoms with van der Waals surface area (Å²) in [6.07, 6.45) is 0.120. The minimum absolute atomic E-state index is 0.0567. The lowest BCUT2D eigenvalue weighted by molar-refractivity contribution is 0.137. The summed E-state index contributed by atoms with van der Waals surface area (Å²) in [6.45, 7) is 3.16. The molecule has 0 bridgehead atoms. The predicted molar refractivity (Wildman–Crippen MR) is 115 cm³/mol. The quantitative estimate of drug-likeness (QED) is 0.576. The van der Waals surface area contributed by atoms with Crippen LogP contribution in [0.3, 0.4) is 0 Å². The molecule has 3 N–H and O–H groups in total. The maximum atomic E-state index is 10.3. The van der Waals surface area contributed by atoms with E-state index in [9.17, 15) is 5.11 Å². The van der Waals surface area contributed by atoms with E-state index >= 15 is 0 Å². The van der Waals surface area contributed by atoms with Crippen LogP contribution >= 0.6 is 0 Å². The molecule has 0 spiro atoms. The van der Waals surface area contributed by atoms with Crippen molar-refractivity contribution < 1.29 is 14.9 Å². The van der Waals surface area contributed by atoms with Crippen LogP contribution in [0, 0.1) is 6.92 Å². The number of hydrogen-bond donors (Lipinski definition) is 3. The summed E-state index contributed by atoms with van der Waals surface area (Å²) in [7, 11) is 0. The molecule has 0 fully saturated rings. The van der Waals surface area contributed by atoms with Gasteiger partial charge in [-0.25, -0.2) is 0 Å². The molecule has 1 aliphatic rings. The highest BCUT2D eigenvalue weighted by atomic mass is 16.5. The molecule has 2 atom stereocenters. The van der Waals surface area contributed by atoms with E-state index in [0.29, 0.717) is 19.6 Å². The number of hydrogen-bond acceptors (Lipinski definition) is 4. The fourth-order valence-corrected chi connectivity index (χ4v) is 4.10. The first-order valence-electron chi connectivity index (χ1n) is 10.1. The summed E-state index contributed by atoms with van der Waals surface area (Å²) >= 11 is 0. The zero-order chi connectivity index (χ0) is 20.2. The summed E-state index contributed by atoms with van der Waals surface area (Å²) < 4.78 is 6.10. The van der Waals surface area contributed by atoms with Crippen LogP contribution in [-0.2, 0) is 13.0 Å². The van der Waals surface area contributed by atoms with Crippen LogP contribution in [0.25, 0.3) is 11.1 Å². The third-order valence-electron chi connectivity index (χ3n) is 5.66. The Hall–Kier alpha value is -2.66. The molecule has 4 nitrogen and oxygen atoms in total. The van der Waals surface area contributed by atoms with Crippen molar-refractivity contribution in [3.63, 3.8) is 0 Å². The first kappa shape index (κ1) is 19.6. The second-order valence-electron chi connectivity index (χ2n) is 7.53. The first-order chi connectivity index (χ1) is 14.2. The van der Waals surface area contributed by atoms with E-state index in [0.717, 1.165) is 22.4 Å². The van der Waals surface area contributed by atoms with E-state index in [1.54, 1.807) is 0 Å². The van der Waals surface area contributed by atoms with Gasteiger partial charge in [0, 0.05) is 13.0 Å². The van der Waals surface area contributed by atoms with Crippen molar-refractivity contribution >= 4 is 0 Å². The van der Waals surface area contributed by atoms with Crippen LogP contribution in [0.1, 0.15) is 28.3 Å². The number of aliphatic hydroxyl groups excluding tert-OH is 2. The Morgan fingerprint density at radius 2 is 1.86 bits per heavy atom. The van der Waals surface area contributed by atoms with Crippen LogP contribution in [0.5, 0.6) is 5.75 Å². The second-order valence-corrected chi connectivity index (χ2v) is 7.53. The van der Waals surface area contributed by atoms with E-state index in [-0.39, 0.29) is 12.6 Å². The maximum Gasteiger partial charge on any atom is 0.120 e. The molecule has 150 valence electrons. The van der Waals surface area contributed by atoms with Gasteiger partial charge in [-0.05, 0) is 52.4 Å². The van der Waals surface area contributed by atoms with Crippen molar-refractivity contribution in [3.8, 4) is 16.9 Å². The van der Waals surface area contributed by atoms with Gasteiger partial charge < -0.3 is 20.3 Å². The maximum absolute atomic E-state index is 10.3. The molecule has 0 saturated heterocycles. The van der Waals surface area contributed by atoms with Crippen LogP contribution in [-0.4, -0.2) is 29.5 Å². The fourth-order valence-electron chi connectivity index (χ4n) is 4.10. The monoisotopic (exact) mass is 389 g/mol. The average Bonchev–Trinajstić information content (AvgIpc) is 3.06. The van der Waals surface area contributed by atoms with Crippen molar-refractivity contribution in [1.29, 1.82) is 0 Å². The van der Waals surface area contributed by atoms with Gasteiger partial charge in [-0.2, -0.15) is 0 Å². The molecule has 0 aromatic heterocycles. The molecule has 4 rings (SSSR count).